The molecule has 0 saturated heterocycles. The molecule has 0 atom stereocenters. The Hall–Kier alpha value is -2.50. The lowest BCUT2D eigenvalue weighted by molar-refractivity contribution is 0.354. The summed E-state index contributed by atoms with van der Waals surface area (Å²) in [5, 5.41) is 3.36. The van der Waals surface area contributed by atoms with Crippen molar-refractivity contribution in [1.82, 2.24) is 5.32 Å². The van der Waals surface area contributed by atoms with E-state index >= 15 is 0 Å². The number of hydrogen-bond donors (Lipinski definition) is 1. The molecule has 0 fully saturated rings. The number of hydrogen-bond acceptors (Lipinski definition) is 4. The predicted molar refractivity (Wildman–Crippen MR) is 106 cm³/mol. The highest BCUT2D eigenvalue weighted by Gasteiger charge is 2.06. The van der Waals surface area contributed by atoms with Gasteiger partial charge in [-0.15, -0.1) is 12.4 Å². The van der Waals surface area contributed by atoms with E-state index < -0.39 is 0 Å². The zero-order valence-corrected chi connectivity index (χ0v) is 16.1. The van der Waals surface area contributed by atoms with Crippen molar-refractivity contribution in [2.24, 2.45) is 0 Å². The zero-order valence-electron chi connectivity index (χ0n) is 15.3. The van der Waals surface area contributed by atoms with Gasteiger partial charge in [-0.2, -0.15) is 0 Å². The van der Waals surface area contributed by atoms with Crippen molar-refractivity contribution < 1.29 is 18.3 Å². The minimum Gasteiger partial charge on any atom is -0.493 e. The Kier molecular flexibility index (Phi) is 7.70. The Bertz CT molecular complexity index is 849. The lowest BCUT2D eigenvalue weighted by atomic mass is 10.1. The van der Waals surface area contributed by atoms with Gasteiger partial charge >= 0.3 is 0 Å². The van der Waals surface area contributed by atoms with Gasteiger partial charge in [0.15, 0.2) is 11.5 Å². The first-order valence-corrected chi connectivity index (χ1v) is 8.46. The molecule has 27 heavy (non-hydrogen) atoms. The van der Waals surface area contributed by atoms with E-state index in [0.717, 1.165) is 41.5 Å². The molecule has 1 heterocycles. The Morgan fingerprint density at radius 1 is 0.926 bits per heavy atom. The molecule has 6 heteroatoms. The van der Waals surface area contributed by atoms with Gasteiger partial charge in [-0.1, -0.05) is 6.07 Å². The topological polar surface area (TPSA) is 43.6 Å². The van der Waals surface area contributed by atoms with E-state index in [4.69, 9.17) is 13.9 Å². The van der Waals surface area contributed by atoms with E-state index in [9.17, 15) is 4.39 Å². The Labute approximate surface area is 164 Å². The third-order valence-electron chi connectivity index (χ3n) is 4.13. The van der Waals surface area contributed by atoms with Crippen LogP contribution in [0.4, 0.5) is 4.39 Å². The molecule has 0 radical (unpaired) electrons. The number of benzene rings is 2. The summed E-state index contributed by atoms with van der Waals surface area (Å²) in [6, 6.07) is 16.0. The normalized spacial score (nSPS) is 10.3. The second-order valence-corrected chi connectivity index (χ2v) is 5.89. The van der Waals surface area contributed by atoms with Crippen LogP contribution in [0.5, 0.6) is 11.5 Å². The number of methoxy groups -OCH3 is 2. The summed E-state index contributed by atoms with van der Waals surface area (Å²) in [5.74, 6) is 2.80. The van der Waals surface area contributed by atoms with Gasteiger partial charge in [-0.05, 0) is 67.1 Å². The molecule has 4 nitrogen and oxygen atoms in total. The molecule has 2 aromatic carbocycles. The van der Waals surface area contributed by atoms with Crippen LogP contribution in [0.2, 0.25) is 0 Å². The van der Waals surface area contributed by atoms with Crippen molar-refractivity contribution in [3.8, 4) is 22.8 Å². The highest BCUT2D eigenvalue weighted by Crippen LogP contribution is 2.27. The number of halogens is 2. The van der Waals surface area contributed by atoms with Crippen molar-refractivity contribution in [3.05, 3.63) is 71.7 Å². The van der Waals surface area contributed by atoms with Crippen LogP contribution in [-0.4, -0.2) is 20.8 Å². The SMILES string of the molecule is COc1ccc(CCNCc2ccc(-c3ccc(F)cc3)o2)cc1OC.Cl. The quantitative estimate of drug-likeness (QED) is 0.557. The first-order valence-electron chi connectivity index (χ1n) is 8.46. The van der Waals surface area contributed by atoms with Crippen molar-refractivity contribution in [2.75, 3.05) is 20.8 Å². The summed E-state index contributed by atoms with van der Waals surface area (Å²) in [5.41, 5.74) is 2.03. The number of rotatable bonds is 8. The summed E-state index contributed by atoms with van der Waals surface area (Å²) in [6.07, 6.45) is 0.867. The highest BCUT2D eigenvalue weighted by atomic mass is 35.5. The zero-order chi connectivity index (χ0) is 18.4. The van der Waals surface area contributed by atoms with Crippen LogP contribution in [0, 0.1) is 5.82 Å². The lowest BCUT2D eigenvalue weighted by Gasteiger charge is -2.09. The van der Waals surface area contributed by atoms with E-state index in [1.54, 1.807) is 26.4 Å². The van der Waals surface area contributed by atoms with Gasteiger partial charge in [-0.3, -0.25) is 0 Å². The molecule has 3 aromatic rings. The molecule has 0 unspecified atom stereocenters. The van der Waals surface area contributed by atoms with Gasteiger partial charge in [0.1, 0.15) is 17.3 Å². The van der Waals surface area contributed by atoms with Gasteiger partial charge in [-0.25, -0.2) is 4.39 Å². The molecule has 0 spiro atoms. The summed E-state index contributed by atoms with van der Waals surface area (Å²) in [6.45, 7) is 1.44. The van der Waals surface area contributed by atoms with Gasteiger partial charge in [0.2, 0.25) is 0 Å². The average molecular weight is 392 g/mol. The third kappa shape index (κ3) is 5.49. The molecule has 0 aliphatic heterocycles. The Balaban J connectivity index is 0.00000261. The summed E-state index contributed by atoms with van der Waals surface area (Å²) in [4.78, 5) is 0. The van der Waals surface area contributed by atoms with Crippen LogP contribution in [0.3, 0.4) is 0 Å². The molecule has 1 N–H and O–H groups in total. The standard InChI is InChI=1S/C21H22FNO3.ClH/c1-24-20-9-3-15(13-21(20)25-2)11-12-23-14-18-8-10-19(26-18)16-4-6-17(22)7-5-16;/h3-10,13,23H,11-12,14H2,1-2H3;1H. The van der Waals surface area contributed by atoms with E-state index in [1.807, 2.05) is 30.3 Å². The maximum atomic E-state index is 13.0. The van der Waals surface area contributed by atoms with Crippen LogP contribution in [0.1, 0.15) is 11.3 Å². The van der Waals surface area contributed by atoms with Gasteiger partial charge in [0.25, 0.3) is 0 Å². The van der Waals surface area contributed by atoms with E-state index in [-0.39, 0.29) is 18.2 Å². The molecule has 0 amide bonds. The molecule has 0 bridgehead atoms. The molecule has 0 aliphatic rings. The molecule has 1 aromatic heterocycles. The maximum absolute atomic E-state index is 13.0. The molecule has 0 saturated carbocycles. The fraction of sp³-hybridized carbons (Fsp3) is 0.238. The largest absolute Gasteiger partial charge is 0.493 e. The van der Waals surface area contributed by atoms with Crippen LogP contribution in [0.25, 0.3) is 11.3 Å². The van der Waals surface area contributed by atoms with Gasteiger partial charge in [0.05, 0.1) is 20.8 Å². The minimum absolute atomic E-state index is 0. The van der Waals surface area contributed by atoms with Gasteiger partial charge < -0.3 is 19.2 Å². The number of nitrogens with one attached hydrogen (secondary N) is 1. The number of furan rings is 1. The monoisotopic (exact) mass is 391 g/mol. The van der Waals surface area contributed by atoms with Gasteiger partial charge in [0, 0.05) is 5.56 Å². The van der Waals surface area contributed by atoms with E-state index in [0.29, 0.717) is 6.54 Å². The van der Waals surface area contributed by atoms with Crippen LogP contribution >= 0.6 is 12.4 Å². The lowest BCUT2D eigenvalue weighted by Crippen LogP contribution is -2.16. The predicted octanol–water partition coefficient (Wildman–Crippen LogP) is 4.86. The first kappa shape index (κ1) is 20.8. The van der Waals surface area contributed by atoms with Crippen LogP contribution in [-0.2, 0) is 13.0 Å². The second kappa shape index (κ2) is 10.00. The maximum Gasteiger partial charge on any atom is 0.160 e. The molecular weight excluding hydrogens is 369 g/mol. The van der Waals surface area contributed by atoms with Crippen molar-refractivity contribution in [3.63, 3.8) is 0 Å². The Morgan fingerprint density at radius 3 is 2.37 bits per heavy atom. The summed E-state index contributed by atoms with van der Waals surface area (Å²) < 4.78 is 29.4. The highest BCUT2D eigenvalue weighted by molar-refractivity contribution is 5.85. The van der Waals surface area contributed by atoms with Crippen molar-refractivity contribution in [1.29, 1.82) is 0 Å². The minimum atomic E-state index is -0.252. The number of ether oxygens (including phenoxy) is 2. The van der Waals surface area contributed by atoms with Crippen molar-refractivity contribution >= 4 is 12.4 Å². The third-order valence-corrected chi connectivity index (χ3v) is 4.13. The Morgan fingerprint density at radius 2 is 1.67 bits per heavy atom. The molecular formula is C21H23ClFNO3. The van der Waals surface area contributed by atoms with Crippen molar-refractivity contribution in [2.45, 2.75) is 13.0 Å². The average Bonchev–Trinajstić information content (AvgIpc) is 3.14. The fourth-order valence-electron chi connectivity index (χ4n) is 2.72. The van der Waals surface area contributed by atoms with Crippen LogP contribution < -0.4 is 14.8 Å². The second-order valence-electron chi connectivity index (χ2n) is 5.89. The fourth-order valence-corrected chi connectivity index (χ4v) is 2.72. The van der Waals surface area contributed by atoms with E-state index in [2.05, 4.69) is 5.32 Å². The first-order chi connectivity index (χ1) is 12.7. The summed E-state index contributed by atoms with van der Waals surface area (Å²) in [7, 11) is 3.26. The van der Waals surface area contributed by atoms with Crippen LogP contribution in [0.15, 0.2) is 59.0 Å². The molecule has 3 rings (SSSR count). The smallest absolute Gasteiger partial charge is 0.160 e. The molecule has 0 aliphatic carbocycles. The summed E-state index contributed by atoms with van der Waals surface area (Å²) >= 11 is 0. The van der Waals surface area contributed by atoms with E-state index in [1.165, 1.54) is 17.7 Å². The molecule has 144 valence electrons.